The van der Waals surface area contributed by atoms with Crippen molar-refractivity contribution in [1.82, 2.24) is 0 Å². The van der Waals surface area contributed by atoms with E-state index in [0.717, 1.165) is 17.7 Å². The van der Waals surface area contributed by atoms with Crippen LogP contribution in [0.25, 0.3) is 10.4 Å². The second kappa shape index (κ2) is 9.05. The van der Waals surface area contributed by atoms with Gasteiger partial charge in [-0.25, -0.2) is 4.39 Å². The number of rotatable bonds is 3. The summed E-state index contributed by atoms with van der Waals surface area (Å²) in [5, 5.41) is 5.04. The minimum Gasteiger partial charge on any atom is -0.322 e. The van der Waals surface area contributed by atoms with E-state index >= 15 is 0 Å². The molecule has 3 aromatic carbocycles. The summed E-state index contributed by atoms with van der Waals surface area (Å²) >= 11 is 8.18. The molecule has 0 saturated heterocycles. The fraction of sp³-hybridized carbons (Fsp3) is 0.111. The normalized spacial score (nSPS) is 12.5. The van der Waals surface area contributed by atoms with Crippen LogP contribution in [0.15, 0.2) is 72.1 Å². The molecule has 0 unspecified atom stereocenters. The number of fused-ring (bicyclic) bond motifs is 3. The van der Waals surface area contributed by atoms with E-state index in [1.54, 1.807) is 47.4 Å². The zero-order valence-electron chi connectivity index (χ0n) is 18.3. The van der Waals surface area contributed by atoms with E-state index in [-0.39, 0.29) is 22.1 Å². The Morgan fingerprint density at radius 1 is 1.03 bits per heavy atom. The van der Waals surface area contributed by atoms with Gasteiger partial charge in [0, 0.05) is 28.2 Å². The minimum absolute atomic E-state index is 0.202. The monoisotopic (exact) mass is 490 g/mol. The first kappa shape index (κ1) is 22.3. The van der Waals surface area contributed by atoms with Gasteiger partial charge < -0.3 is 10.2 Å². The molecule has 4 nitrogen and oxygen atoms in total. The van der Waals surface area contributed by atoms with Gasteiger partial charge in [0.05, 0.1) is 16.3 Å². The second-order valence-corrected chi connectivity index (χ2v) is 9.38. The summed E-state index contributed by atoms with van der Waals surface area (Å²) in [5.74, 6) is -1.09. The average Bonchev–Trinajstić information content (AvgIpc) is 3.23. The maximum Gasteiger partial charge on any atom is 0.259 e. The van der Waals surface area contributed by atoms with E-state index < -0.39 is 11.7 Å². The van der Waals surface area contributed by atoms with E-state index in [1.165, 1.54) is 22.6 Å². The van der Waals surface area contributed by atoms with Crippen LogP contribution in [0.5, 0.6) is 0 Å². The first-order chi connectivity index (χ1) is 16.4. The van der Waals surface area contributed by atoms with E-state index in [0.29, 0.717) is 17.8 Å². The molecular weight excluding hydrogens is 471 g/mol. The summed E-state index contributed by atoms with van der Waals surface area (Å²) in [4.78, 5) is 29.1. The fourth-order valence-corrected chi connectivity index (χ4v) is 5.45. The summed E-state index contributed by atoms with van der Waals surface area (Å²) in [6.07, 6.45) is 0.748. The zero-order chi connectivity index (χ0) is 23.8. The molecule has 0 aliphatic carbocycles. The number of carbonyl (C=O) groups excluding carboxylic acids is 2. The van der Waals surface area contributed by atoms with Crippen LogP contribution in [-0.2, 0) is 6.42 Å². The molecule has 1 aliphatic heterocycles. The number of amides is 2. The standard InChI is InChI=1S/C27H20ClFN2O2S/c1-16-19(6-4-7-23(16)29)26(32)30-18-9-10-20(22(28)15-18)27(33)31-13-11-17-12-14-34-25(17)21-5-2-3-8-24(21)31/h2-10,12,14-15H,11,13H2,1H3,(H,30,32). The Hall–Kier alpha value is -3.48. The number of hydrogen-bond donors (Lipinski definition) is 1. The zero-order valence-corrected chi connectivity index (χ0v) is 19.8. The number of nitrogens with zero attached hydrogens (tertiary/aromatic N) is 1. The Morgan fingerprint density at radius 2 is 1.85 bits per heavy atom. The van der Waals surface area contributed by atoms with E-state index in [9.17, 15) is 14.0 Å². The number of thiophene rings is 1. The number of carbonyl (C=O) groups is 2. The summed E-state index contributed by atoms with van der Waals surface area (Å²) < 4.78 is 13.8. The lowest BCUT2D eigenvalue weighted by Gasteiger charge is -2.23. The van der Waals surface area contributed by atoms with Crippen LogP contribution >= 0.6 is 22.9 Å². The average molecular weight is 491 g/mol. The Bertz CT molecular complexity index is 1430. The highest BCUT2D eigenvalue weighted by atomic mass is 35.5. The first-order valence-electron chi connectivity index (χ1n) is 10.8. The van der Waals surface area contributed by atoms with Gasteiger partial charge in [-0.1, -0.05) is 35.9 Å². The van der Waals surface area contributed by atoms with Gasteiger partial charge in [0.2, 0.25) is 0 Å². The van der Waals surface area contributed by atoms with Crippen molar-refractivity contribution >= 4 is 46.1 Å². The van der Waals surface area contributed by atoms with Crippen molar-refractivity contribution < 1.29 is 14.0 Å². The maximum atomic E-state index is 13.8. The Labute approximate surface area is 205 Å². The molecule has 1 aliphatic rings. The Kier molecular flexibility index (Phi) is 5.94. The van der Waals surface area contributed by atoms with Crippen LogP contribution in [0.4, 0.5) is 15.8 Å². The molecule has 0 bridgehead atoms. The highest BCUT2D eigenvalue weighted by Crippen LogP contribution is 2.40. The Morgan fingerprint density at radius 3 is 2.68 bits per heavy atom. The van der Waals surface area contributed by atoms with Gasteiger partial charge in [0.25, 0.3) is 11.8 Å². The number of nitrogens with one attached hydrogen (secondary N) is 1. The van der Waals surface area contributed by atoms with Gasteiger partial charge in [0.15, 0.2) is 0 Å². The van der Waals surface area contributed by atoms with Crippen LogP contribution in [0.3, 0.4) is 0 Å². The minimum atomic E-state index is -0.446. The van der Waals surface area contributed by atoms with E-state index in [2.05, 4.69) is 16.8 Å². The third-order valence-corrected chi connectivity index (χ3v) is 7.31. The van der Waals surface area contributed by atoms with Gasteiger partial charge in [-0.05, 0) is 72.3 Å². The number of benzene rings is 3. The van der Waals surface area contributed by atoms with Crippen molar-refractivity contribution in [1.29, 1.82) is 0 Å². The van der Waals surface area contributed by atoms with Crippen molar-refractivity contribution in [2.45, 2.75) is 13.3 Å². The van der Waals surface area contributed by atoms with Crippen LogP contribution < -0.4 is 10.2 Å². The smallest absolute Gasteiger partial charge is 0.259 e. The number of halogens is 2. The lowest BCUT2D eigenvalue weighted by Crippen LogP contribution is -2.32. The molecule has 0 atom stereocenters. The lowest BCUT2D eigenvalue weighted by molar-refractivity contribution is 0.0986. The number of hydrogen-bond acceptors (Lipinski definition) is 3. The molecule has 1 N–H and O–H groups in total. The molecule has 0 fully saturated rings. The van der Waals surface area contributed by atoms with Crippen molar-refractivity contribution in [3.05, 3.63) is 105 Å². The Balaban J connectivity index is 1.42. The first-order valence-corrected chi connectivity index (χ1v) is 12.0. The summed E-state index contributed by atoms with van der Waals surface area (Å²) in [7, 11) is 0. The molecule has 7 heteroatoms. The van der Waals surface area contributed by atoms with Gasteiger partial charge in [-0.2, -0.15) is 0 Å². The predicted molar refractivity (Wildman–Crippen MR) is 136 cm³/mol. The van der Waals surface area contributed by atoms with Crippen molar-refractivity contribution in [2.75, 3.05) is 16.8 Å². The number of anilines is 2. The quantitative estimate of drug-likeness (QED) is 0.337. The molecule has 0 radical (unpaired) electrons. The molecule has 2 amide bonds. The topological polar surface area (TPSA) is 49.4 Å². The highest BCUT2D eigenvalue weighted by Gasteiger charge is 2.27. The molecule has 4 aromatic rings. The molecule has 0 spiro atoms. The van der Waals surface area contributed by atoms with Gasteiger partial charge in [0.1, 0.15) is 5.82 Å². The summed E-state index contributed by atoms with van der Waals surface area (Å²) in [6.45, 7) is 2.09. The van der Waals surface area contributed by atoms with E-state index in [1.807, 2.05) is 24.3 Å². The van der Waals surface area contributed by atoms with Gasteiger partial charge >= 0.3 is 0 Å². The molecule has 1 aromatic heterocycles. The van der Waals surface area contributed by atoms with Crippen molar-refractivity contribution in [3.8, 4) is 10.4 Å². The van der Waals surface area contributed by atoms with Gasteiger partial charge in [-0.3, -0.25) is 9.59 Å². The lowest BCUT2D eigenvalue weighted by atomic mass is 10.1. The van der Waals surface area contributed by atoms with E-state index in [4.69, 9.17) is 11.6 Å². The van der Waals surface area contributed by atoms with Crippen LogP contribution in [-0.4, -0.2) is 18.4 Å². The number of para-hydroxylation sites is 1. The molecule has 170 valence electrons. The van der Waals surface area contributed by atoms with Crippen molar-refractivity contribution in [3.63, 3.8) is 0 Å². The third kappa shape index (κ3) is 4.00. The molecular formula is C27H20ClFN2O2S. The van der Waals surface area contributed by atoms with Gasteiger partial charge in [-0.15, -0.1) is 11.3 Å². The summed E-state index contributed by atoms with van der Waals surface area (Å²) in [5.41, 5.74) is 4.39. The van der Waals surface area contributed by atoms with Crippen LogP contribution in [0, 0.1) is 12.7 Å². The molecule has 5 rings (SSSR count). The molecule has 0 saturated carbocycles. The van der Waals surface area contributed by atoms with Crippen LogP contribution in [0.1, 0.15) is 31.8 Å². The fourth-order valence-electron chi connectivity index (χ4n) is 4.20. The molecule has 34 heavy (non-hydrogen) atoms. The largest absolute Gasteiger partial charge is 0.322 e. The third-order valence-electron chi connectivity index (χ3n) is 6.01. The van der Waals surface area contributed by atoms with Crippen LogP contribution in [0.2, 0.25) is 5.02 Å². The predicted octanol–water partition coefficient (Wildman–Crippen LogP) is 6.97. The second-order valence-electron chi connectivity index (χ2n) is 8.06. The highest BCUT2D eigenvalue weighted by molar-refractivity contribution is 7.13. The maximum absolute atomic E-state index is 13.8. The molecule has 2 heterocycles. The SMILES string of the molecule is Cc1c(F)cccc1C(=O)Nc1ccc(C(=O)N2CCc3ccsc3-c3ccccc32)c(Cl)c1. The van der Waals surface area contributed by atoms with Crippen molar-refractivity contribution in [2.24, 2.45) is 0 Å². The summed E-state index contributed by atoms with van der Waals surface area (Å²) in [6, 6.07) is 19.1.